The van der Waals surface area contributed by atoms with Crippen LogP contribution in [-0.4, -0.2) is 10.8 Å². The average Bonchev–Trinajstić information content (AvgIpc) is 2.63. The van der Waals surface area contributed by atoms with E-state index in [0.29, 0.717) is 24.0 Å². The summed E-state index contributed by atoms with van der Waals surface area (Å²) in [4.78, 5) is 0. The van der Waals surface area contributed by atoms with Gasteiger partial charge < -0.3 is 5.11 Å². The molecule has 0 bridgehead atoms. The minimum atomic E-state index is -1.06. The van der Waals surface area contributed by atoms with Crippen molar-refractivity contribution in [3.63, 3.8) is 0 Å². The van der Waals surface area contributed by atoms with Crippen molar-refractivity contribution in [2.45, 2.75) is 51.1 Å². The molecule has 1 aromatic rings. The maximum Gasteiger partial charge on any atom is 0.115 e. The fourth-order valence-electron chi connectivity index (χ4n) is 3.03. The van der Waals surface area contributed by atoms with Crippen LogP contribution in [0.3, 0.4) is 0 Å². The Morgan fingerprint density at radius 3 is 2.76 bits per heavy atom. The molecule has 94 valence electrons. The summed E-state index contributed by atoms with van der Waals surface area (Å²) in [5.41, 5.74) is 0.141. The molecule has 1 aliphatic rings. The highest BCUT2D eigenvalue weighted by Crippen LogP contribution is 2.42. The number of rotatable bonds is 3. The van der Waals surface area contributed by atoms with Gasteiger partial charge >= 0.3 is 0 Å². The van der Waals surface area contributed by atoms with Crippen molar-refractivity contribution in [1.82, 2.24) is 0 Å². The van der Waals surface area contributed by atoms with Gasteiger partial charge in [-0.15, -0.1) is 0 Å². The Morgan fingerprint density at radius 1 is 1.35 bits per heavy atom. The van der Waals surface area contributed by atoms with Crippen molar-refractivity contribution in [2.24, 2.45) is 5.92 Å². The zero-order valence-electron chi connectivity index (χ0n) is 10.6. The lowest BCUT2D eigenvalue weighted by atomic mass is 9.91. The Kier molecular flexibility index (Phi) is 3.41. The van der Waals surface area contributed by atoms with Crippen LogP contribution in [0.2, 0.25) is 0 Å². The lowest BCUT2D eigenvalue weighted by Gasteiger charge is -2.19. The first-order chi connectivity index (χ1) is 7.94. The third-order valence-corrected chi connectivity index (χ3v) is 3.66. The summed E-state index contributed by atoms with van der Waals surface area (Å²) in [7, 11) is 0. The number of hydrogen-bond donors (Lipinski definition) is 1. The van der Waals surface area contributed by atoms with E-state index in [0.717, 1.165) is 19.3 Å². The molecule has 0 spiro atoms. The van der Waals surface area contributed by atoms with Crippen LogP contribution in [0.15, 0.2) is 24.3 Å². The lowest BCUT2D eigenvalue weighted by molar-refractivity contribution is 0.169. The van der Waals surface area contributed by atoms with Crippen LogP contribution in [0.5, 0.6) is 5.75 Å². The van der Waals surface area contributed by atoms with Crippen molar-refractivity contribution in [3.8, 4) is 5.75 Å². The van der Waals surface area contributed by atoms with Crippen LogP contribution in [0.4, 0.5) is 4.39 Å². The number of halogens is 1. The van der Waals surface area contributed by atoms with Crippen LogP contribution < -0.4 is 0 Å². The molecule has 2 atom stereocenters. The minimum absolute atomic E-state index is 0.330. The summed E-state index contributed by atoms with van der Waals surface area (Å²) in [6, 6.07) is 7.48. The van der Waals surface area contributed by atoms with Crippen LogP contribution in [0.25, 0.3) is 0 Å². The summed E-state index contributed by atoms with van der Waals surface area (Å²) in [5.74, 6) is 1.31. The molecular formula is C15H21FO. The molecule has 2 heteroatoms. The van der Waals surface area contributed by atoms with E-state index in [1.807, 2.05) is 12.1 Å². The molecule has 1 fully saturated rings. The fraction of sp³-hybridized carbons (Fsp3) is 0.600. The van der Waals surface area contributed by atoms with E-state index in [9.17, 15) is 9.50 Å². The van der Waals surface area contributed by atoms with Gasteiger partial charge in [0.05, 0.1) is 0 Å². The summed E-state index contributed by atoms with van der Waals surface area (Å²) in [5, 5.41) is 9.47. The van der Waals surface area contributed by atoms with Gasteiger partial charge in [0.1, 0.15) is 11.4 Å². The van der Waals surface area contributed by atoms with Gasteiger partial charge in [-0.3, -0.25) is 0 Å². The van der Waals surface area contributed by atoms with Gasteiger partial charge in [-0.1, -0.05) is 12.1 Å². The fourth-order valence-corrected chi connectivity index (χ4v) is 3.03. The Balaban J connectivity index is 1.98. The van der Waals surface area contributed by atoms with Crippen molar-refractivity contribution in [3.05, 3.63) is 29.8 Å². The molecule has 1 nitrogen and oxygen atoms in total. The summed E-state index contributed by atoms with van der Waals surface area (Å²) in [6.07, 6.45) is 3.93. The summed E-state index contributed by atoms with van der Waals surface area (Å²) in [6.45, 7) is 3.32. The summed E-state index contributed by atoms with van der Waals surface area (Å²) >= 11 is 0. The second kappa shape index (κ2) is 4.67. The van der Waals surface area contributed by atoms with E-state index in [-0.39, 0.29) is 0 Å². The largest absolute Gasteiger partial charge is 0.508 e. The first-order valence-electron chi connectivity index (χ1n) is 6.42. The third kappa shape index (κ3) is 3.45. The van der Waals surface area contributed by atoms with E-state index in [2.05, 4.69) is 6.07 Å². The SMILES string of the molecule is CC(C)(F)CC1CCC(c2cccc(O)c2)C1. The quantitative estimate of drug-likeness (QED) is 0.824. The summed E-state index contributed by atoms with van der Waals surface area (Å²) < 4.78 is 13.6. The lowest BCUT2D eigenvalue weighted by Crippen LogP contribution is -2.16. The van der Waals surface area contributed by atoms with Gasteiger partial charge in [0.15, 0.2) is 0 Å². The molecule has 1 saturated carbocycles. The number of phenols is 1. The third-order valence-electron chi connectivity index (χ3n) is 3.66. The van der Waals surface area contributed by atoms with Crippen LogP contribution >= 0.6 is 0 Å². The number of benzene rings is 1. The Hall–Kier alpha value is -1.05. The molecule has 0 radical (unpaired) electrons. The van der Waals surface area contributed by atoms with E-state index in [1.165, 1.54) is 5.56 Å². The number of aromatic hydroxyl groups is 1. The molecule has 0 saturated heterocycles. The molecular weight excluding hydrogens is 215 g/mol. The van der Waals surface area contributed by atoms with Gasteiger partial charge in [-0.25, -0.2) is 4.39 Å². The van der Waals surface area contributed by atoms with Gasteiger partial charge in [0.25, 0.3) is 0 Å². The van der Waals surface area contributed by atoms with Crippen molar-refractivity contribution in [2.75, 3.05) is 0 Å². The molecule has 1 aliphatic carbocycles. The monoisotopic (exact) mass is 236 g/mol. The van der Waals surface area contributed by atoms with Gasteiger partial charge in [0.2, 0.25) is 0 Å². The molecule has 0 aromatic heterocycles. The van der Waals surface area contributed by atoms with Crippen LogP contribution in [0.1, 0.15) is 51.0 Å². The molecule has 2 rings (SSSR count). The van der Waals surface area contributed by atoms with E-state index >= 15 is 0 Å². The topological polar surface area (TPSA) is 20.2 Å². The van der Waals surface area contributed by atoms with Crippen molar-refractivity contribution < 1.29 is 9.50 Å². The molecule has 17 heavy (non-hydrogen) atoms. The Labute approximate surface area is 103 Å². The Bertz CT molecular complexity index is 381. The van der Waals surface area contributed by atoms with E-state index in [4.69, 9.17) is 0 Å². The van der Waals surface area contributed by atoms with Crippen molar-refractivity contribution in [1.29, 1.82) is 0 Å². The molecule has 0 amide bonds. The van der Waals surface area contributed by atoms with E-state index < -0.39 is 5.67 Å². The van der Waals surface area contributed by atoms with Gasteiger partial charge in [0, 0.05) is 0 Å². The minimum Gasteiger partial charge on any atom is -0.508 e. The molecule has 1 aromatic carbocycles. The first-order valence-corrected chi connectivity index (χ1v) is 6.42. The molecule has 0 heterocycles. The molecule has 0 aliphatic heterocycles. The van der Waals surface area contributed by atoms with Crippen molar-refractivity contribution >= 4 is 0 Å². The first kappa shape index (κ1) is 12.4. The smallest absolute Gasteiger partial charge is 0.115 e. The number of alkyl halides is 1. The Morgan fingerprint density at radius 2 is 2.12 bits per heavy atom. The predicted molar refractivity (Wildman–Crippen MR) is 68.0 cm³/mol. The normalized spacial score (nSPS) is 25.1. The maximum atomic E-state index is 13.6. The average molecular weight is 236 g/mol. The predicted octanol–water partition coefficient (Wildman–Crippen LogP) is 4.41. The van der Waals surface area contributed by atoms with Gasteiger partial charge in [-0.2, -0.15) is 0 Å². The molecule has 1 N–H and O–H groups in total. The molecule has 2 unspecified atom stereocenters. The van der Waals surface area contributed by atoms with Crippen LogP contribution in [-0.2, 0) is 0 Å². The second-order valence-corrected chi connectivity index (χ2v) is 5.89. The van der Waals surface area contributed by atoms with E-state index in [1.54, 1.807) is 19.9 Å². The maximum absolute atomic E-state index is 13.6. The number of phenolic OH excluding ortho intramolecular Hbond substituents is 1. The standard InChI is InChI=1S/C15H21FO/c1-15(2,16)10-11-6-7-13(8-11)12-4-3-5-14(17)9-12/h3-5,9,11,13,17H,6-8,10H2,1-2H3. The second-order valence-electron chi connectivity index (χ2n) is 5.89. The highest BCUT2D eigenvalue weighted by atomic mass is 19.1. The number of hydrogen-bond acceptors (Lipinski definition) is 1. The zero-order chi connectivity index (χ0) is 12.5. The highest BCUT2D eigenvalue weighted by Gasteiger charge is 2.30. The highest BCUT2D eigenvalue weighted by molar-refractivity contribution is 5.30. The zero-order valence-corrected chi connectivity index (χ0v) is 10.6. The van der Waals surface area contributed by atoms with Gasteiger partial charge in [-0.05, 0) is 69.1 Å². The van der Waals surface area contributed by atoms with Crippen LogP contribution in [0, 0.1) is 5.92 Å².